The van der Waals surface area contributed by atoms with E-state index in [1.165, 1.54) is 99.4 Å². The molecule has 0 spiro atoms. The number of fused-ring (bicyclic) bond motifs is 14. The summed E-state index contributed by atoms with van der Waals surface area (Å²) in [5.74, 6) is 0. The van der Waals surface area contributed by atoms with Crippen LogP contribution in [0.5, 0.6) is 0 Å². The summed E-state index contributed by atoms with van der Waals surface area (Å²) in [4.78, 5) is 0. The van der Waals surface area contributed by atoms with Gasteiger partial charge in [-0.05, 0) is 171 Å². The topological polar surface area (TPSA) is 26.3 Å². The molecule has 2 nitrogen and oxygen atoms in total. The van der Waals surface area contributed by atoms with E-state index < -0.39 is 0 Å². The molecule has 15 rings (SSSR count). The van der Waals surface area contributed by atoms with Gasteiger partial charge in [-0.25, -0.2) is 0 Å². The minimum Gasteiger partial charge on any atom is -0.456 e. The third-order valence-electron chi connectivity index (χ3n) is 16.3. The van der Waals surface area contributed by atoms with Gasteiger partial charge >= 0.3 is 0 Å². The maximum Gasteiger partial charge on any atom is 0.135 e. The normalized spacial score (nSPS) is 14.2. The second-order valence-electron chi connectivity index (χ2n) is 20.8. The van der Waals surface area contributed by atoms with Gasteiger partial charge in [0.15, 0.2) is 0 Å². The lowest BCUT2D eigenvalue weighted by Crippen LogP contribution is -2.14. The Labute approximate surface area is 406 Å². The lowest BCUT2D eigenvalue weighted by molar-refractivity contribution is 0.660. The Morgan fingerprint density at radius 3 is 1.06 bits per heavy atom. The third-order valence-corrected chi connectivity index (χ3v) is 16.3. The van der Waals surface area contributed by atoms with Crippen LogP contribution in [0.1, 0.15) is 49.9 Å². The Kier molecular flexibility index (Phi) is 7.94. The van der Waals surface area contributed by atoms with Gasteiger partial charge < -0.3 is 8.83 Å². The first-order chi connectivity index (χ1) is 34.2. The van der Waals surface area contributed by atoms with E-state index in [4.69, 9.17) is 8.83 Å². The quantitative estimate of drug-likeness (QED) is 0.165. The zero-order chi connectivity index (χ0) is 46.6. The molecule has 2 aliphatic rings. The van der Waals surface area contributed by atoms with Crippen LogP contribution in [0.15, 0.2) is 215 Å². The molecule has 0 N–H and O–H groups in total. The summed E-state index contributed by atoms with van der Waals surface area (Å²) < 4.78 is 12.9. The molecular weight excluding hydrogens is 849 g/mol. The molecule has 0 radical (unpaired) electrons. The third kappa shape index (κ3) is 5.45. The van der Waals surface area contributed by atoms with Gasteiger partial charge in [0, 0.05) is 32.4 Å². The van der Waals surface area contributed by atoms with E-state index in [1.54, 1.807) is 0 Å². The summed E-state index contributed by atoms with van der Waals surface area (Å²) >= 11 is 0. The summed E-state index contributed by atoms with van der Waals surface area (Å²) in [5, 5.41) is 9.29. The maximum absolute atomic E-state index is 6.43. The highest BCUT2D eigenvalue weighted by molar-refractivity contribution is 6.24. The smallest absolute Gasteiger partial charge is 0.135 e. The molecule has 0 fully saturated rings. The minimum atomic E-state index is -0.109. The van der Waals surface area contributed by atoms with Gasteiger partial charge in [-0.3, -0.25) is 0 Å². The number of hydrogen-bond acceptors (Lipinski definition) is 2. The van der Waals surface area contributed by atoms with Gasteiger partial charge in [-0.2, -0.15) is 0 Å². The molecule has 0 aliphatic heterocycles. The van der Waals surface area contributed by atoms with Crippen LogP contribution in [0.4, 0.5) is 0 Å². The molecule has 0 amide bonds. The van der Waals surface area contributed by atoms with E-state index >= 15 is 0 Å². The van der Waals surface area contributed by atoms with Gasteiger partial charge in [0.1, 0.15) is 22.3 Å². The molecule has 11 aromatic carbocycles. The SMILES string of the molecule is CC1(C)c2ccccc2-c2ccc(-c3ccc4c(-c5ccc6oc7ccccc7c6c5)c5cc(-c6ccc7c(c6)C(C)(C)c6ccccc6-7)ccc5c(-c5ccc6oc7ccccc7c6c5)c4c3)cc21. The maximum atomic E-state index is 6.43. The fraction of sp³-hybridized carbons (Fsp3) is 0.0882. The summed E-state index contributed by atoms with van der Waals surface area (Å²) in [7, 11) is 0. The van der Waals surface area contributed by atoms with Crippen LogP contribution < -0.4 is 0 Å². The monoisotopic (exact) mass is 894 g/mol. The predicted molar refractivity (Wildman–Crippen MR) is 293 cm³/mol. The summed E-state index contributed by atoms with van der Waals surface area (Å²) in [6, 6.07) is 76.8. The highest BCUT2D eigenvalue weighted by atomic mass is 16.3. The van der Waals surface area contributed by atoms with E-state index in [1.807, 2.05) is 12.1 Å². The molecule has 2 heteroatoms. The van der Waals surface area contributed by atoms with Gasteiger partial charge in [-0.15, -0.1) is 0 Å². The van der Waals surface area contributed by atoms with Crippen molar-refractivity contribution < 1.29 is 8.83 Å². The number of hydrogen-bond donors (Lipinski definition) is 0. The summed E-state index contributed by atoms with van der Waals surface area (Å²) in [6.45, 7) is 9.46. The summed E-state index contributed by atoms with van der Waals surface area (Å²) in [6.07, 6.45) is 0. The van der Waals surface area contributed by atoms with Crippen molar-refractivity contribution in [3.63, 3.8) is 0 Å². The second kappa shape index (κ2) is 14.1. The highest BCUT2D eigenvalue weighted by Crippen LogP contribution is 2.53. The molecule has 0 saturated carbocycles. The van der Waals surface area contributed by atoms with Crippen molar-refractivity contribution in [1.29, 1.82) is 0 Å². The molecule has 2 aliphatic carbocycles. The average molecular weight is 895 g/mol. The van der Waals surface area contributed by atoms with Gasteiger partial charge in [0.2, 0.25) is 0 Å². The fourth-order valence-corrected chi connectivity index (χ4v) is 12.7. The van der Waals surface area contributed by atoms with Crippen LogP contribution in [0.2, 0.25) is 0 Å². The second-order valence-corrected chi connectivity index (χ2v) is 20.8. The molecule has 0 saturated heterocycles. The molecule has 330 valence electrons. The van der Waals surface area contributed by atoms with Crippen LogP contribution >= 0.6 is 0 Å². The van der Waals surface area contributed by atoms with E-state index in [2.05, 4.69) is 222 Å². The van der Waals surface area contributed by atoms with Crippen molar-refractivity contribution in [3.8, 4) is 66.8 Å². The van der Waals surface area contributed by atoms with E-state index in [0.29, 0.717) is 0 Å². The fourth-order valence-electron chi connectivity index (χ4n) is 12.7. The lowest BCUT2D eigenvalue weighted by atomic mass is 9.80. The van der Waals surface area contributed by atoms with Crippen molar-refractivity contribution in [2.24, 2.45) is 0 Å². The first-order valence-corrected chi connectivity index (χ1v) is 24.6. The highest BCUT2D eigenvalue weighted by Gasteiger charge is 2.37. The number of benzene rings is 11. The van der Waals surface area contributed by atoms with E-state index in [0.717, 1.165) is 55.0 Å². The molecule has 70 heavy (non-hydrogen) atoms. The van der Waals surface area contributed by atoms with E-state index in [9.17, 15) is 0 Å². The Hall–Kier alpha value is -8.46. The number of rotatable bonds is 4. The molecule has 2 heterocycles. The minimum absolute atomic E-state index is 0.109. The van der Waals surface area contributed by atoms with E-state index in [-0.39, 0.29) is 10.8 Å². The van der Waals surface area contributed by atoms with Crippen molar-refractivity contribution in [2.75, 3.05) is 0 Å². The van der Waals surface area contributed by atoms with Gasteiger partial charge in [-0.1, -0.05) is 173 Å². The zero-order valence-electron chi connectivity index (χ0n) is 39.4. The molecular formula is C68H46O2. The largest absolute Gasteiger partial charge is 0.456 e. The van der Waals surface area contributed by atoms with Crippen molar-refractivity contribution in [1.82, 2.24) is 0 Å². The molecule has 13 aromatic rings. The van der Waals surface area contributed by atoms with Crippen LogP contribution in [-0.2, 0) is 10.8 Å². The zero-order valence-corrected chi connectivity index (χ0v) is 39.4. The Morgan fingerprint density at radius 2 is 0.586 bits per heavy atom. The van der Waals surface area contributed by atoms with Gasteiger partial charge in [0.05, 0.1) is 0 Å². The average Bonchev–Trinajstić information content (AvgIpc) is 4.09. The van der Waals surface area contributed by atoms with Gasteiger partial charge in [0.25, 0.3) is 0 Å². The molecule has 0 bridgehead atoms. The lowest BCUT2D eigenvalue weighted by Gasteiger charge is -2.23. The Bertz CT molecular complexity index is 4130. The number of furan rings is 2. The Balaban J connectivity index is 1.03. The first-order valence-electron chi connectivity index (χ1n) is 24.6. The van der Waals surface area contributed by atoms with Crippen LogP contribution in [0, 0.1) is 0 Å². The van der Waals surface area contributed by atoms with Crippen molar-refractivity contribution >= 4 is 65.4 Å². The number of para-hydroxylation sites is 2. The standard InChI is InChI=1S/C68H46O2/c1-67(2)57-17-9-5-13-45(57)47-27-21-41(37-59(47)67)39-23-29-51-55(33-39)65(43-25-31-63-53(35-43)49-15-7-11-19-61(49)69-63)52-30-24-40(42-22-28-48-46-14-6-10-18-58(46)68(3,4)60(48)38-42)34-56(52)66(51)44-26-32-64-54(36-44)50-16-8-12-20-62(50)70-64/h5-38H,1-4H3. The summed E-state index contributed by atoms with van der Waals surface area (Å²) in [5.41, 5.74) is 23.8. The molecule has 0 atom stereocenters. The first kappa shape index (κ1) is 39.5. The molecule has 0 unspecified atom stereocenters. The van der Waals surface area contributed by atoms with Crippen molar-refractivity contribution in [2.45, 2.75) is 38.5 Å². The molecule has 2 aromatic heterocycles. The van der Waals surface area contributed by atoms with Crippen molar-refractivity contribution in [3.05, 3.63) is 229 Å². The van der Waals surface area contributed by atoms with Crippen LogP contribution in [0.3, 0.4) is 0 Å². The van der Waals surface area contributed by atoms with Crippen LogP contribution in [0.25, 0.3) is 132 Å². The predicted octanol–water partition coefficient (Wildman–Crippen LogP) is 19.1. The van der Waals surface area contributed by atoms with Crippen LogP contribution in [-0.4, -0.2) is 0 Å². The Morgan fingerprint density at radius 1 is 0.243 bits per heavy atom.